The summed E-state index contributed by atoms with van der Waals surface area (Å²) in [6.07, 6.45) is 1.05. The first kappa shape index (κ1) is 19.9. The molecule has 1 fully saturated rings. The van der Waals surface area contributed by atoms with Gasteiger partial charge in [0.25, 0.3) is 0 Å². The van der Waals surface area contributed by atoms with Crippen LogP contribution in [-0.4, -0.2) is 41.6 Å². The lowest BCUT2D eigenvalue weighted by Crippen LogP contribution is -2.30. The van der Waals surface area contributed by atoms with E-state index in [1.165, 1.54) is 6.07 Å². The van der Waals surface area contributed by atoms with Crippen molar-refractivity contribution in [3.8, 4) is 0 Å². The Morgan fingerprint density at radius 2 is 2.00 bits per heavy atom. The summed E-state index contributed by atoms with van der Waals surface area (Å²) in [6.45, 7) is 3.84. The lowest BCUT2D eigenvalue weighted by molar-refractivity contribution is 0.578. The van der Waals surface area contributed by atoms with Crippen molar-refractivity contribution in [1.82, 2.24) is 5.32 Å². The molecular formula is C19H23ClFN3O2S. The Morgan fingerprint density at radius 1 is 1.26 bits per heavy atom. The number of likely N-dealkylation sites (N-methyl/N-ethyl adjacent to an activating group) is 1. The molecule has 1 aliphatic heterocycles. The van der Waals surface area contributed by atoms with E-state index in [4.69, 9.17) is 11.6 Å². The van der Waals surface area contributed by atoms with Crippen LogP contribution in [0.1, 0.15) is 12.0 Å². The molecule has 1 heterocycles. The van der Waals surface area contributed by atoms with E-state index in [1.54, 1.807) is 11.9 Å². The van der Waals surface area contributed by atoms with Gasteiger partial charge >= 0.3 is 0 Å². The minimum Gasteiger partial charge on any atom is -0.368 e. The summed E-state index contributed by atoms with van der Waals surface area (Å²) in [7, 11) is 0.727. The first-order chi connectivity index (χ1) is 12.8. The number of anilines is 3. The fourth-order valence-electron chi connectivity index (χ4n) is 3.44. The standard InChI is InChI=1S/C19H23ClFN3O2S/c1-12-4-5-16(18(8-12)24-7-6-13(11-24)22-2)23(3)17-10-15(21)19(27(25)26)9-14(17)20/h4-5,8-10,13,22,27H,6-7,11H2,1-3H3. The van der Waals surface area contributed by atoms with E-state index < -0.39 is 21.4 Å². The number of aryl methyl sites for hydroxylation is 1. The number of hydrogen-bond acceptors (Lipinski definition) is 5. The summed E-state index contributed by atoms with van der Waals surface area (Å²) in [5.41, 5.74) is 3.49. The molecule has 8 heteroatoms. The SMILES string of the molecule is CNC1CCN(c2cc(C)ccc2N(C)c2cc(F)c([SH](=O)=O)cc2Cl)C1. The van der Waals surface area contributed by atoms with E-state index in [0.29, 0.717) is 11.7 Å². The Morgan fingerprint density at radius 3 is 2.63 bits per heavy atom. The number of nitrogens with one attached hydrogen (secondary N) is 1. The van der Waals surface area contributed by atoms with E-state index >= 15 is 0 Å². The predicted molar refractivity (Wildman–Crippen MR) is 109 cm³/mol. The Kier molecular flexibility index (Phi) is 5.93. The fraction of sp³-hybridized carbons (Fsp3) is 0.368. The van der Waals surface area contributed by atoms with Gasteiger partial charge in [0.2, 0.25) is 0 Å². The van der Waals surface area contributed by atoms with Crippen molar-refractivity contribution in [1.29, 1.82) is 0 Å². The molecule has 2 aromatic carbocycles. The minimum absolute atomic E-state index is 0.189. The molecule has 0 aliphatic carbocycles. The zero-order valence-electron chi connectivity index (χ0n) is 15.5. The zero-order chi connectivity index (χ0) is 19.7. The second-order valence-corrected chi connectivity index (χ2v) is 8.19. The van der Waals surface area contributed by atoms with Crippen molar-refractivity contribution in [3.05, 3.63) is 46.7 Å². The molecule has 0 bridgehead atoms. The number of rotatable bonds is 5. The molecule has 0 amide bonds. The van der Waals surface area contributed by atoms with Gasteiger partial charge in [-0.05, 0) is 44.2 Å². The van der Waals surface area contributed by atoms with Crippen molar-refractivity contribution in [3.63, 3.8) is 0 Å². The normalized spacial score (nSPS) is 17.0. The lowest BCUT2D eigenvalue weighted by atomic mass is 10.1. The van der Waals surface area contributed by atoms with Gasteiger partial charge in [-0.3, -0.25) is 0 Å². The highest BCUT2D eigenvalue weighted by atomic mass is 35.5. The maximum absolute atomic E-state index is 14.2. The number of thiol groups is 1. The van der Waals surface area contributed by atoms with Crippen LogP contribution < -0.4 is 15.1 Å². The Labute approximate surface area is 165 Å². The highest BCUT2D eigenvalue weighted by Crippen LogP contribution is 2.39. The first-order valence-electron chi connectivity index (χ1n) is 8.72. The molecule has 27 heavy (non-hydrogen) atoms. The van der Waals surface area contributed by atoms with Gasteiger partial charge in [0.15, 0.2) is 10.7 Å². The topological polar surface area (TPSA) is 52.6 Å². The summed E-state index contributed by atoms with van der Waals surface area (Å²) in [4.78, 5) is 3.70. The molecule has 0 saturated carbocycles. The molecule has 1 saturated heterocycles. The Bertz CT molecular complexity index is 927. The quantitative estimate of drug-likeness (QED) is 0.739. The highest BCUT2D eigenvalue weighted by Gasteiger charge is 2.25. The van der Waals surface area contributed by atoms with E-state index in [-0.39, 0.29) is 5.02 Å². The average Bonchev–Trinajstić information content (AvgIpc) is 3.11. The van der Waals surface area contributed by atoms with Gasteiger partial charge in [-0.2, -0.15) is 0 Å². The van der Waals surface area contributed by atoms with Crippen LogP contribution in [0.3, 0.4) is 0 Å². The number of hydrogen-bond donors (Lipinski definition) is 2. The van der Waals surface area contributed by atoms with E-state index in [2.05, 4.69) is 16.3 Å². The minimum atomic E-state index is -3.04. The molecule has 146 valence electrons. The summed E-state index contributed by atoms with van der Waals surface area (Å²) in [5, 5.41) is 3.50. The molecule has 0 radical (unpaired) electrons. The monoisotopic (exact) mass is 411 g/mol. The number of nitrogens with zero attached hydrogens (tertiary/aromatic N) is 2. The third-order valence-electron chi connectivity index (χ3n) is 5.00. The van der Waals surface area contributed by atoms with Gasteiger partial charge in [-0.1, -0.05) is 17.7 Å². The van der Waals surface area contributed by atoms with Crippen molar-refractivity contribution >= 4 is 39.4 Å². The molecule has 0 aromatic heterocycles. The van der Waals surface area contributed by atoms with E-state index in [1.807, 2.05) is 26.1 Å². The van der Waals surface area contributed by atoms with Gasteiger partial charge in [-0.15, -0.1) is 0 Å². The van der Waals surface area contributed by atoms with Crippen molar-refractivity contribution in [2.45, 2.75) is 24.3 Å². The first-order valence-corrected chi connectivity index (χ1v) is 10.3. The van der Waals surface area contributed by atoms with Crippen LogP contribution in [0.2, 0.25) is 5.02 Å². The molecule has 1 unspecified atom stereocenters. The van der Waals surface area contributed by atoms with E-state index in [0.717, 1.165) is 42.5 Å². The maximum Gasteiger partial charge on any atom is 0.171 e. The van der Waals surface area contributed by atoms with E-state index in [9.17, 15) is 12.8 Å². The van der Waals surface area contributed by atoms with Crippen molar-refractivity contribution in [2.75, 3.05) is 37.0 Å². The molecule has 1 atom stereocenters. The molecule has 0 spiro atoms. The van der Waals surface area contributed by atoms with Crippen molar-refractivity contribution in [2.24, 2.45) is 0 Å². The van der Waals surface area contributed by atoms with Crippen LogP contribution in [0.4, 0.5) is 21.5 Å². The third-order valence-corrected chi connectivity index (χ3v) is 6.04. The second-order valence-electron chi connectivity index (χ2n) is 6.78. The average molecular weight is 412 g/mol. The largest absolute Gasteiger partial charge is 0.368 e. The van der Waals surface area contributed by atoms with Crippen LogP contribution in [0.25, 0.3) is 0 Å². The predicted octanol–water partition coefficient (Wildman–Crippen LogP) is 3.32. The molecule has 3 rings (SSSR count). The molecule has 1 aliphatic rings. The molecule has 2 aromatic rings. The van der Waals surface area contributed by atoms with Crippen LogP contribution >= 0.6 is 11.6 Å². The number of benzene rings is 2. The van der Waals surface area contributed by atoms with Crippen LogP contribution in [-0.2, 0) is 10.7 Å². The Hall–Kier alpha value is -1.83. The van der Waals surface area contributed by atoms with Gasteiger partial charge in [0, 0.05) is 32.2 Å². The molecule has 1 N–H and O–H groups in total. The Balaban J connectivity index is 2.03. The van der Waals surface area contributed by atoms with Crippen LogP contribution in [0, 0.1) is 12.7 Å². The fourth-order valence-corrected chi connectivity index (χ4v) is 4.28. The second kappa shape index (κ2) is 8.04. The highest BCUT2D eigenvalue weighted by molar-refractivity contribution is 7.72. The smallest absolute Gasteiger partial charge is 0.171 e. The van der Waals surface area contributed by atoms with Gasteiger partial charge in [0.1, 0.15) is 10.7 Å². The summed E-state index contributed by atoms with van der Waals surface area (Å²) in [5.74, 6) is -0.803. The van der Waals surface area contributed by atoms with Gasteiger partial charge in [-0.25, -0.2) is 12.8 Å². The van der Waals surface area contributed by atoms with Crippen LogP contribution in [0.15, 0.2) is 35.2 Å². The zero-order valence-corrected chi connectivity index (χ0v) is 17.1. The molecular weight excluding hydrogens is 389 g/mol. The lowest BCUT2D eigenvalue weighted by Gasteiger charge is -2.29. The molecule has 5 nitrogen and oxygen atoms in total. The summed E-state index contributed by atoms with van der Waals surface area (Å²) < 4.78 is 36.6. The van der Waals surface area contributed by atoms with Crippen LogP contribution in [0.5, 0.6) is 0 Å². The summed E-state index contributed by atoms with van der Waals surface area (Å²) in [6, 6.07) is 8.85. The van der Waals surface area contributed by atoms with Gasteiger partial charge in [0.05, 0.1) is 22.1 Å². The third kappa shape index (κ3) is 4.05. The van der Waals surface area contributed by atoms with Crippen molar-refractivity contribution < 1.29 is 12.8 Å². The maximum atomic E-state index is 14.2. The van der Waals surface area contributed by atoms with Gasteiger partial charge < -0.3 is 15.1 Å². The number of halogens is 2. The summed E-state index contributed by atoms with van der Waals surface area (Å²) >= 11 is 6.28.